The van der Waals surface area contributed by atoms with Gasteiger partial charge in [-0.3, -0.25) is 0 Å². The number of aromatic amines is 1. The molecule has 2 aromatic heterocycles. The lowest BCUT2D eigenvalue weighted by Gasteiger charge is -2.37. The Morgan fingerprint density at radius 1 is 1.00 bits per heavy atom. The van der Waals surface area contributed by atoms with Crippen molar-refractivity contribution in [3.63, 3.8) is 0 Å². The molecule has 38 heavy (non-hydrogen) atoms. The number of halogens is 1. The maximum Gasteiger partial charge on any atom is 0.335 e. The monoisotopic (exact) mass is 531 g/mol. The molecule has 1 saturated heterocycles. The van der Waals surface area contributed by atoms with Crippen LogP contribution in [0, 0.1) is 11.3 Å². The summed E-state index contributed by atoms with van der Waals surface area (Å²) in [5.41, 5.74) is 4.89. The molecule has 3 aliphatic rings. The Morgan fingerprint density at radius 3 is 2.24 bits per heavy atom. The molecular formula is C29H26ClN3O5. The average Bonchev–Trinajstić information content (AvgIpc) is 3.14. The quantitative estimate of drug-likeness (QED) is 0.307. The minimum absolute atomic E-state index is 0.0184. The molecule has 2 aliphatic carbocycles. The van der Waals surface area contributed by atoms with Crippen molar-refractivity contribution >= 4 is 28.7 Å². The van der Waals surface area contributed by atoms with Crippen molar-refractivity contribution in [2.45, 2.75) is 44.0 Å². The van der Waals surface area contributed by atoms with E-state index in [-0.39, 0.29) is 29.3 Å². The van der Waals surface area contributed by atoms with E-state index in [2.05, 4.69) is 9.97 Å². The minimum Gasteiger partial charge on any atom is -0.478 e. The van der Waals surface area contributed by atoms with Crippen LogP contribution in [0.5, 0.6) is 6.01 Å². The Bertz CT molecular complexity index is 1520. The van der Waals surface area contributed by atoms with Crippen molar-refractivity contribution in [2.24, 2.45) is 11.3 Å². The highest BCUT2D eigenvalue weighted by molar-refractivity contribution is 6.33. The van der Waals surface area contributed by atoms with Gasteiger partial charge in [-0.15, -0.1) is 0 Å². The molecule has 1 aliphatic heterocycles. The van der Waals surface area contributed by atoms with E-state index in [4.69, 9.17) is 31.2 Å². The molecule has 9 heteroatoms. The largest absolute Gasteiger partial charge is 0.478 e. The first-order valence-electron chi connectivity index (χ1n) is 12.9. The summed E-state index contributed by atoms with van der Waals surface area (Å²) in [6.45, 7) is 0.690. The normalized spacial score (nSPS) is 27.9. The standard InChI is InChI=1S/C29H26ClN3O5/c30-21-13-22-26(32-23(21)17-5-1-15(2-6-17)16-3-7-18(8-4-16)27(35)36)33-28(31-22)38-20-11-9-19(10-12-20)29-14-37-25(29)24(29)34/h1-8,13,19-20,24-25,34H,9-12,14H2,(H,35,36)(H,31,32,33). The van der Waals surface area contributed by atoms with Crippen molar-refractivity contribution in [1.82, 2.24) is 15.0 Å². The molecule has 4 aromatic rings. The number of imidazole rings is 1. The summed E-state index contributed by atoms with van der Waals surface area (Å²) in [5.74, 6) is -0.441. The Hall–Kier alpha value is -3.46. The zero-order valence-electron chi connectivity index (χ0n) is 20.4. The van der Waals surface area contributed by atoms with Crippen molar-refractivity contribution in [3.8, 4) is 28.4 Å². The van der Waals surface area contributed by atoms with Crippen LogP contribution in [-0.4, -0.2) is 56.1 Å². The molecule has 3 heterocycles. The van der Waals surface area contributed by atoms with Crippen LogP contribution in [0.2, 0.25) is 5.02 Å². The summed E-state index contributed by atoms with van der Waals surface area (Å²) < 4.78 is 11.7. The van der Waals surface area contributed by atoms with Gasteiger partial charge >= 0.3 is 5.97 Å². The fourth-order valence-electron chi connectivity index (χ4n) is 6.20. The predicted octanol–water partition coefficient (Wildman–Crippen LogP) is 5.34. The maximum absolute atomic E-state index is 11.1. The second-order valence-electron chi connectivity index (χ2n) is 10.6. The third kappa shape index (κ3) is 3.78. The van der Waals surface area contributed by atoms with Gasteiger partial charge in [0.15, 0.2) is 5.65 Å². The second kappa shape index (κ2) is 8.80. The molecule has 7 rings (SSSR count). The zero-order chi connectivity index (χ0) is 26.0. The van der Waals surface area contributed by atoms with Crippen LogP contribution in [0.4, 0.5) is 0 Å². The van der Waals surface area contributed by atoms with Gasteiger partial charge in [-0.2, -0.15) is 4.98 Å². The van der Waals surface area contributed by atoms with Gasteiger partial charge in [0.2, 0.25) is 0 Å². The van der Waals surface area contributed by atoms with Crippen molar-refractivity contribution < 1.29 is 24.5 Å². The Morgan fingerprint density at radius 2 is 1.66 bits per heavy atom. The van der Waals surface area contributed by atoms with E-state index in [0.717, 1.165) is 42.4 Å². The molecule has 2 aromatic carbocycles. The molecule has 3 N–H and O–H groups in total. The lowest BCUT2D eigenvalue weighted by Crippen LogP contribution is -2.39. The highest BCUT2D eigenvalue weighted by atomic mass is 35.5. The van der Waals surface area contributed by atoms with Crippen LogP contribution in [0.1, 0.15) is 36.0 Å². The summed E-state index contributed by atoms with van der Waals surface area (Å²) in [4.78, 5) is 23.6. The Labute approximate surface area is 223 Å². The number of benzene rings is 2. The van der Waals surface area contributed by atoms with E-state index >= 15 is 0 Å². The van der Waals surface area contributed by atoms with E-state index < -0.39 is 5.97 Å². The van der Waals surface area contributed by atoms with E-state index in [1.165, 1.54) is 0 Å². The molecule has 0 spiro atoms. The average molecular weight is 532 g/mol. The van der Waals surface area contributed by atoms with Gasteiger partial charge in [0.05, 0.1) is 46.0 Å². The van der Waals surface area contributed by atoms with Gasteiger partial charge in [0, 0.05) is 5.56 Å². The van der Waals surface area contributed by atoms with Crippen LogP contribution in [-0.2, 0) is 4.74 Å². The van der Waals surface area contributed by atoms with Gasteiger partial charge in [-0.25, -0.2) is 9.78 Å². The smallest absolute Gasteiger partial charge is 0.335 e. The molecule has 3 atom stereocenters. The van der Waals surface area contributed by atoms with Gasteiger partial charge in [0.25, 0.3) is 6.01 Å². The molecule has 2 saturated carbocycles. The number of rotatable bonds is 6. The number of carboxylic acid groups (broad SMARTS) is 1. The van der Waals surface area contributed by atoms with Crippen LogP contribution in [0.15, 0.2) is 54.6 Å². The minimum atomic E-state index is -0.946. The maximum atomic E-state index is 11.1. The van der Waals surface area contributed by atoms with Crippen LogP contribution in [0.3, 0.4) is 0 Å². The highest BCUT2D eigenvalue weighted by Gasteiger charge is 2.75. The summed E-state index contributed by atoms with van der Waals surface area (Å²) in [7, 11) is 0. The number of fused-ring (bicyclic) bond motifs is 2. The number of H-pyrrole nitrogens is 1. The van der Waals surface area contributed by atoms with Crippen molar-refractivity contribution in [3.05, 3.63) is 65.2 Å². The molecule has 3 unspecified atom stereocenters. The number of carboxylic acids is 1. The summed E-state index contributed by atoms with van der Waals surface area (Å²) in [5, 5.41) is 19.8. The number of pyridine rings is 1. The third-order valence-corrected chi connectivity index (χ3v) is 8.80. The van der Waals surface area contributed by atoms with Crippen molar-refractivity contribution in [1.29, 1.82) is 0 Å². The number of nitrogens with zero attached hydrogens (tertiary/aromatic N) is 2. The number of carbonyl (C=O) groups is 1. The Balaban J connectivity index is 1.05. The van der Waals surface area contributed by atoms with Crippen LogP contribution in [0.25, 0.3) is 33.5 Å². The van der Waals surface area contributed by atoms with E-state index in [1.807, 2.05) is 30.3 Å². The number of aliphatic hydroxyl groups excluding tert-OH is 1. The number of hydrogen-bond acceptors (Lipinski definition) is 6. The van der Waals surface area contributed by atoms with E-state index in [1.54, 1.807) is 24.3 Å². The zero-order valence-corrected chi connectivity index (χ0v) is 21.2. The predicted molar refractivity (Wildman–Crippen MR) is 141 cm³/mol. The van der Waals surface area contributed by atoms with Crippen molar-refractivity contribution in [2.75, 3.05) is 6.61 Å². The molecular weight excluding hydrogens is 506 g/mol. The topological polar surface area (TPSA) is 118 Å². The van der Waals surface area contributed by atoms with Gasteiger partial charge in [-0.05, 0) is 60.9 Å². The number of aromatic nitrogens is 3. The molecule has 0 amide bonds. The summed E-state index contributed by atoms with van der Waals surface area (Å²) >= 11 is 6.60. The lowest BCUT2D eigenvalue weighted by atomic mass is 9.75. The van der Waals surface area contributed by atoms with Crippen LogP contribution >= 0.6 is 11.6 Å². The van der Waals surface area contributed by atoms with E-state index in [0.29, 0.717) is 40.4 Å². The fourth-order valence-corrected chi connectivity index (χ4v) is 6.46. The molecule has 194 valence electrons. The fraction of sp³-hybridized carbons (Fsp3) is 0.345. The number of aromatic carboxylic acids is 1. The molecule has 8 nitrogen and oxygen atoms in total. The van der Waals surface area contributed by atoms with E-state index in [9.17, 15) is 9.90 Å². The van der Waals surface area contributed by atoms with Crippen LogP contribution < -0.4 is 4.74 Å². The number of hydrogen-bond donors (Lipinski definition) is 3. The number of ether oxygens (including phenoxy) is 2. The van der Waals surface area contributed by atoms with Gasteiger partial charge in [0.1, 0.15) is 6.10 Å². The van der Waals surface area contributed by atoms with Gasteiger partial charge in [-0.1, -0.05) is 48.0 Å². The molecule has 3 fully saturated rings. The first-order chi connectivity index (χ1) is 18.4. The Kier molecular flexibility index (Phi) is 5.47. The highest BCUT2D eigenvalue weighted by Crippen LogP contribution is 2.64. The number of aliphatic hydroxyl groups is 1. The SMILES string of the molecule is O=C(O)c1ccc(-c2ccc(-c3nc4nc(OC5CCC(C67COC6C7O)CC5)[nH]c4cc3Cl)cc2)cc1. The first kappa shape index (κ1) is 23.6. The first-order valence-corrected chi connectivity index (χ1v) is 13.3. The molecule has 0 bridgehead atoms. The summed E-state index contributed by atoms with van der Waals surface area (Å²) in [6.07, 6.45) is 3.75. The second-order valence-corrected chi connectivity index (χ2v) is 11.0. The lowest BCUT2D eigenvalue weighted by molar-refractivity contribution is -0.0773. The number of nitrogens with one attached hydrogen (secondary N) is 1. The third-order valence-electron chi connectivity index (χ3n) is 8.51. The summed E-state index contributed by atoms with van der Waals surface area (Å²) in [6, 6.07) is 16.8. The van der Waals surface area contributed by atoms with Gasteiger partial charge < -0.3 is 24.7 Å². The molecule has 0 radical (unpaired) electrons.